The number of esters is 2. The number of hydrogen-bond acceptors (Lipinski definition) is 5. The SMILES string of the molecule is CCOC(=O)C1CCCCN1C(=O)COC(=O)Cn1c(C)cc2ccccc21. The van der Waals surface area contributed by atoms with Crippen molar-refractivity contribution in [1.82, 2.24) is 9.47 Å². The minimum atomic E-state index is -0.587. The Morgan fingerprint density at radius 1 is 1.14 bits per heavy atom. The second-order valence-electron chi connectivity index (χ2n) is 6.94. The Hall–Kier alpha value is -2.83. The molecule has 2 heterocycles. The minimum absolute atomic E-state index is 0.0356. The number of carbonyl (C=O) groups is 3. The van der Waals surface area contributed by atoms with Crippen LogP contribution in [0, 0.1) is 6.92 Å². The van der Waals surface area contributed by atoms with E-state index in [4.69, 9.17) is 9.47 Å². The van der Waals surface area contributed by atoms with Gasteiger partial charge in [0.05, 0.1) is 6.61 Å². The Morgan fingerprint density at radius 3 is 2.71 bits per heavy atom. The zero-order valence-corrected chi connectivity index (χ0v) is 16.3. The molecule has 7 heteroatoms. The van der Waals surface area contributed by atoms with Crippen LogP contribution in [-0.2, 0) is 30.4 Å². The fourth-order valence-electron chi connectivity index (χ4n) is 3.67. The number of carbonyl (C=O) groups excluding carboxylic acids is 3. The molecule has 28 heavy (non-hydrogen) atoms. The molecule has 150 valence electrons. The molecule has 1 aliphatic rings. The Labute approximate surface area is 164 Å². The van der Waals surface area contributed by atoms with Crippen molar-refractivity contribution in [2.75, 3.05) is 19.8 Å². The summed E-state index contributed by atoms with van der Waals surface area (Å²) in [4.78, 5) is 38.4. The first-order chi connectivity index (χ1) is 13.5. The van der Waals surface area contributed by atoms with Gasteiger partial charge in [0.2, 0.25) is 0 Å². The van der Waals surface area contributed by atoms with E-state index in [1.54, 1.807) is 6.92 Å². The van der Waals surface area contributed by atoms with Gasteiger partial charge < -0.3 is 18.9 Å². The van der Waals surface area contributed by atoms with E-state index in [-0.39, 0.29) is 25.7 Å². The van der Waals surface area contributed by atoms with Crippen LogP contribution in [0.2, 0.25) is 0 Å². The molecule has 1 unspecified atom stereocenters. The monoisotopic (exact) mass is 386 g/mol. The van der Waals surface area contributed by atoms with Crippen LogP contribution >= 0.6 is 0 Å². The van der Waals surface area contributed by atoms with Gasteiger partial charge in [-0.15, -0.1) is 0 Å². The van der Waals surface area contributed by atoms with Gasteiger partial charge in [-0.2, -0.15) is 0 Å². The van der Waals surface area contributed by atoms with Gasteiger partial charge in [-0.3, -0.25) is 9.59 Å². The number of piperidine rings is 1. The molecule has 0 saturated carbocycles. The van der Waals surface area contributed by atoms with Gasteiger partial charge in [-0.25, -0.2) is 4.79 Å². The van der Waals surface area contributed by atoms with Crippen molar-refractivity contribution >= 4 is 28.7 Å². The van der Waals surface area contributed by atoms with Crippen LogP contribution in [0.1, 0.15) is 31.9 Å². The van der Waals surface area contributed by atoms with Crippen LogP contribution in [-0.4, -0.2) is 53.1 Å². The third-order valence-electron chi connectivity index (χ3n) is 5.04. The summed E-state index contributed by atoms with van der Waals surface area (Å²) in [5.41, 5.74) is 1.89. The lowest BCUT2D eigenvalue weighted by Gasteiger charge is -2.33. The molecule has 1 atom stereocenters. The molecular weight excluding hydrogens is 360 g/mol. The highest BCUT2D eigenvalue weighted by Gasteiger charge is 2.33. The largest absolute Gasteiger partial charge is 0.464 e. The molecular formula is C21H26N2O5. The molecule has 1 saturated heterocycles. The van der Waals surface area contributed by atoms with Gasteiger partial charge in [0.25, 0.3) is 5.91 Å². The van der Waals surface area contributed by atoms with Gasteiger partial charge in [0, 0.05) is 17.8 Å². The third kappa shape index (κ3) is 4.35. The Bertz CT molecular complexity index is 873. The van der Waals surface area contributed by atoms with Gasteiger partial charge in [-0.05, 0) is 50.6 Å². The summed E-state index contributed by atoms with van der Waals surface area (Å²) >= 11 is 0. The lowest BCUT2D eigenvalue weighted by Crippen LogP contribution is -2.50. The highest BCUT2D eigenvalue weighted by atomic mass is 16.5. The van der Waals surface area contributed by atoms with E-state index in [1.165, 1.54) is 4.90 Å². The molecule has 0 N–H and O–H groups in total. The number of amides is 1. The van der Waals surface area contributed by atoms with Crippen LogP contribution in [0.15, 0.2) is 30.3 Å². The Balaban J connectivity index is 1.59. The number of fused-ring (bicyclic) bond motifs is 1. The quantitative estimate of drug-likeness (QED) is 0.713. The zero-order chi connectivity index (χ0) is 20.1. The topological polar surface area (TPSA) is 77.8 Å². The molecule has 0 bridgehead atoms. The van der Waals surface area contributed by atoms with Crippen LogP contribution in [0.3, 0.4) is 0 Å². The average molecular weight is 386 g/mol. The number of aryl methyl sites for hydroxylation is 1. The molecule has 7 nitrogen and oxygen atoms in total. The van der Waals surface area contributed by atoms with Crippen LogP contribution < -0.4 is 0 Å². The summed E-state index contributed by atoms with van der Waals surface area (Å²) in [5, 5.41) is 1.05. The van der Waals surface area contributed by atoms with E-state index in [0.29, 0.717) is 13.0 Å². The summed E-state index contributed by atoms with van der Waals surface area (Å²) in [6.07, 6.45) is 2.27. The standard InChI is InChI=1S/C21H26N2O5/c1-3-27-21(26)18-10-6-7-11-22(18)19(24)14-28-20(25)13-23-15(2)12-16-8-4-5-9-17(16)23/h4-5,8-9,12,18H,3,6-7,10-11,13-14H2,1-2H3. The Kier molecular flexibility index (Phi) is 6.34. The van der Waals surface area contributed by atoms with E-state index >= 15 is 0 Å². The smallest absolute Gasteiger partial charge is 0.328 e. The molecule has 0 aliphatic carbocycles. The predicted octanol–water partition coefficient (Wildman–Crippen LogP) is 2.44. The molecule has 1 aromatic heterocycles. The first kappa shape index (κ1) is 19.9. The maximum atomic E-state index is 12.5. The molecule has 1 aromatic carbocycles. The second-order valence-corrected chi connectivity index (χ2v) is 6.94. The highest BCUT2D eigenvalue weighted by molar-refractivity contribution is 5.87. The van der Waals surface area contributed by atoms with Crippen LogP contribution in [0.4, 0.5) is 0 Å². The number of benzene rings is 1. The van der Waals surface area contributed by atoms with E-state index in [2.05, 4.69) is 0 Å². The number of nitrogens with zero attached hydrogens (tertiary/aromatic N) is 2. The first-order valence-electron chi connectivity index (χ1n) is 9.68. The lowest BCUT2D eigenvalue weighted by atomic mass is 10.0. The maximum Gasteiger partial charge on any atom is 0.328 e. The van der Waals surface area contributed by atoms with Gasteiger partial charge in [0.15, 0.2) is 6.61 Å². The van der Waals surface area contributed by atoms with Crippen molar-refractivity contribution in [1.29, 1.82) is 0 Å². The average Bonchev–Trinajstić information content (AvgIpc) is 3.01. The summed E-state index contributed by atoms with van der Waals surface area (Å²) in [6.45, 7) is 4.08. The van der Waals surface area contributed by atoms with Crippen molar-refractivity contribution < 1.29 is 23.9 Å². The number of para-hydroxylation sites is 1. The molecule has 0 radical (unpaired) electrons. The van der Waals surface area contributed by atoms with Crippen molar-refractivity contribution in [3.63, 3.8) is 0 Å². The third-order valence-corrected chi connectivity index (χ3v) is 5.04. The minimum Gasteiger partial charge on any atom is -0.464 e. The molecule has 2 aromatic rings. The van der Waals surface area contributed by atoms with E-state index in [0.717, 1.165) is 29.4 Å². The number of ether oxygens (including phenoxy) is 2. The van der Waals surface area contributed by atoms with Crippen molar-refractivity contribution in [2.45, 2.75) is 45.7 Å². The molecule has 1 amide bonds. The first-order valence-corrected chi connectivity index (χ1v) is 9.68. The normalized spacial score (nSPS) is 16.8. The number of likely N-dealkylation sites (tertiary alicyclic amines) is 1. The van der Waals surface area contributed by atoms with Gasteiger partial charge in [-0.1, -0.05) is 18.2 Å². The fraction of sp³-hybridized carbons (Fsp3) is 0.476. The summed E-state index contributed by atoms with van der Waals surface area (Å²) < 4.78 is 12.2. The molecule has 1 fully saturated rings. The summed E-state index contributed by atoms with van der Waals surface area (Å²) in [6, 6.07) is 9.21. The summed E-state index contributed by atoms with van der Waals surface area (Å²) in [5.74, 6) is -1.24. The lowest BCUT2D eigenvalue weighted by molar-refractivity contribution is -0.161. The molecule has 1 aliphatic heterocycles. The van der Waals surface area contributed by atoms with Crippen molar-refractivity contribution in [3.8, 4) is 0 Å². The van der Waals surface area contributed by atoms with Crippen LogP contribution in [0.25, 0.3) is 10.9 Å². The summed E-state index contributed by atoms with van der Waals surface area (Å²) in [7, 11) is 0. The number of aromatic nitrogens is 1. The van der Waals surface area contributed by atoms with Gasteiger partial charge in [0.1, 0.15) is 12.6 Å². The number of hydrogen-bond donors (Lipinski definition) is 0. The van der Waals surface area contributed by atoms with E-state index in [9.17, 15) is 14.4 Å². The second kappa shape index (κ2) is 8.91. The molecule has 0 spiro atoms. The predicted molar refractivity (Wildman–Crippen MR) is 104 cm³/mol. The maximum absolute atomic E-state index is 12.5. The zero-order valence-electron chi connectivity index (χ0n) is 16.3. The van der Waals surface area contributed by atoms with Crippen molar-refractivity contribution in [3.05, 3.63) is 36.0 Å². The molecule has 3 rings (SSSR count). The van der Waals surface area contributed by atoms with Crippen LogP contribution in [0.5, 0.6) is 0 Å². The Morgan fingerprint density at radius 2 is 1.93 bits per heavy atom. The fourth-order valence-corrected chi connectivity index (χ4v) is 3.67. The number of rotatable bonds is 6. The highest BCUT2D eigenvalue weighted by Crippen LogP contribution is 2.20. The van der Waals surface area contributed by atoms with Gasteiger partial charge >= 0.3 is 11.9 Å². The van der Waals surface area contributed by atoms with E-state index in [1.807, 2.05) is 41.8 Å². The van der Waals surface area contributed by atoms with Crippen molar-refractivity contribution in [2.24, 2.45) is 0 Å². The van der Waals surface area contributed by atoms with E-state index < -0.39 is 18.0 Å².